The van der Waals surface area contributed by atoms with Crippen LogP contribution in [-0.2, 0) is 0 Å². The zero-order valence-corrected chi connectivity index (χ0v) is 13.5. The Morgan fingerprint density at radius 3 is 2.60 bits per heavy atom. The molecule has 1 aromatic carbocycles. The highest BCUT2D eigenvalue weighted by molar-refractivity contribution is 6.30. The Kier molecular flexibility index (Phi) is 6.34. The van der Waals surface area contributed by atoms with E-state index in [9.17, 15) is 0 Å². The SMILES string of the molecule is CCC(c1ccc(Cl)cc1)N(CC)CC1CCCNC1. The van der Waals surface area contributed by atoms with Gasteiger partial charge in [0.25, 0.3) is 0 Å². The fraction of sp³-hybridized carbons (Fsp3) is 0.647. The van der Waals surface area contributed by atoms with Crippen LogP contribution in [0.25, 0.3) is 0 Å². The molecular formula is C17H27ClN2. The van der Waals surface area contributed by atoms with Gasteiger partial charge in [-0.25, -0.2) is 0 Å². The first-order valence-electron chi connectivity index (χ1n) is 7.94. The van der Waals surface area contributed by atoms with E-state index in [1.807, 2.05) is 12.1 Å². The predicted molar refractivity (Wildman–Crippen MR) is 87.3 cm³/mol. The molecule has 0 bridgehead atoms. The summed E-state index contributed by atoms with van der Waals surface area (Å²) in [6, 6.07) is 8.89. The number of rotatable bonds is 6. The second kappa shape index (κ2) is 8.02. The van der Waals surface area contributed by atoms with Gasteiger partial charge >= 0.3 is 0 Å². The third-order valence-electron chi connectivity index (χ3n) is 4.38. The molecule has 1 N–H and O–H groups in total. The lowest BCUT2D eigenvalue weighted by atomic mass is 9.96. The van der Waals surface area contributed by atoms with E-state index in [2.05, 4.69) is 36.2 Å². The molecule has 0 amide bonds. The Morgan fingerprint density at radius 2 is 2.05 bits per heavy atom. The number of piperidine rings is 1. The number of nitrogens with one attached hydrogen (secondary N) is 1. The van der Waals surface area contributed by atoms with Gasteiger partial charge in [0.15, 0.2) is 0 Å². The maximum Gasteiger partial charge on any atom is 0.0406 e. The maximum atomic E-state index is 6.01. The Labute approximate surface area is 128 Å². The van der Waals surface area contributed by atoms with Crippen LogP contribution in [0.1, 0.15) is 44.7 Å². The van der Waals surface area contributed by atoms with Gasteiger partial charge in [0.05, 0.1) is 0 Å². The summed E-state index contributed by atoms with van der Waals surface area (Å²) in [6.07, 6.45) is 3.83. The third-order valence-corrected chi connectivity index (χ3v) is 4.63. The van der Waals surface area contributed by atoms with Crippen LogP contribution in [0.15, 0.2) is 24.3 Å². The predicted octanol–water partition coefficient (Wildman–Crippen LogP) is 4.11. The van der Waals surface area contributed by atoms with Crippen LogP contribution >= 0.6 is 11.6 Å². The third kappa shape index (κ3) is 4.21. The Hall–Kier alpha value is -0.570. The molecular weight excluding hydrogens is 268 g/mol. The Bertz CT molecular complexity index is 384. The van der Waals surface area contributed by atoms with Crippen molar-refractivity contribution in [1.82, 2.24) is 10.2 Å². The molecule has 1 heterocycles. The minimum absolute atomic E-state index is 0.513. The fourth-order valence-corrected chi connectivity index (χ4v) is 3.40. The van der Waals surface area contributed by atoms with Crippen LogP contribution in [0, 0.1) is 5.92 Å². The molecule has 1 fully saturated rings. The highest BCUT2D eigenvalue weighted by atomic mass is 35.5. The van der Waals surface area contributed by atoms with Crippen molar-refractivity contribution >= 4 is 11.6 Å². The average Bonchev–Trinajstić information content (AvgIpc) is 2.49. The largest absolute Gasteiger partial charge is 0.316 e. The summed E-state index contributed by atoms with van der Waals surface area (Å²) in [5, 5.41) is 4.35. The lowest BCUT2D eigenvalue weighted by Crippen LogP contribution is -2.39. The summed E-state index contributed by atoms with van der Waals surface area (Å²) in [6.45, 7) is 9.22. The van der Waals surface area contributed by atoms with Crippen molar-refractivity contribution in [1.29, 1.82) is 0 Å². The molecule has 1 aromatic rings. The van der Waals surface area contributed by atoms with E-state index in [4.69, 9.17) is 11.6 Å². The Balaban J connectivity index is 2.04. The first kappa shape index (κ1) is 15.8. The molecule has 1 saturated heterocycles. The minimum atomic E-state index is 0.513. The summed E-state index contributed by atoms with van der Waals surface area (Å²) < 4.78 is 0. The fourth-order valence-electron chi connectivity index (χ4n) is 3.28. The van der Waals surface area contributed by atoms with Crippen LogP contribution < -0.4 is 5.32 Å². The molecule has 0 spiro atoms. The van der Waals surface area contributed by atoms with E-state index in [0.29, 0.717) is 6.04 Å². The van der Waals surface area contributed by atoms with Crippen LogP contribution in [-0.4, -0.2) is 31.1 Å². The lowest BCUT2D eigenvalue weighted by Gasteiger charge is -2.35. The van der Waals surface area contributed by atoms with Crippen molar-refractivity contribution in [3.05, 3.63) is 34.9 Å². The molecule has 112 valence electrons. The van der Waals surface area contributed by atoms with Crippen LogP contribution in [0.3, 0.4) is 0 Å². The molecule has 0 aromatic heterocycles. The summed E-state index contributed by atoms with van der Waals surface area (Å²) in [7, 11) is 0. The van der Waals surface area contributed by atoms with Gasteiger partial charge in [-0.3, -0.25) is 4.90 Å². The second-order valence-corrected chi connectivity index (χ2v) is 6.21. The normalized spacial score (nSPS) is 21.1. The molecule has 2 unspecified atom stereocenters. The van der Waals surface area contributed by atoms with Crippen LogP contribution in [0.4, 0.5) is 0 Å². The van der Waals surface area contributed by atoms with E-state index < -0.39 is 0 Å². The van der Waals surface area contributed by atoms with Gasteiger partial charge in [-0.1, -0.05) is 37.6 Å². The van der Waals surface area contributed by atoms with Crippen molar-refractivity contribution in [3.63, 3.8) is 0 Å². The quantitative estimate of drug-likeness (QED) is 0.849. The molecule has 1 aliphatic rings. The van der Waals surface area contributed by atoms with Crippen molar-refractivity contribution in [2.45, 2.75) is 39.2 Å². The standard InChI is InChI=1S/C17H27ClN2/c1-3-17(15-7-9-16(18)10-8-15)20(4-2)13-14-6-5-11-19-12-14/h7-10,14,17,19H,3-6,11-13H2,1-2H3. The average molecular weight is 295 g/mol. The molecule has 3 heteroatoms. The molecule has 1 aliphatic heterocycles. The van der Waals surface area contributed by atoms with Crippen molar-refractivity contribution in [3.8, 4) is 0 Å². The van der Waals surface area contributed by atoms with Gasteiger partial charge in [0.1, 0.15) is 0 Å². The summed E-state index contributed by atoms with van der Waals surface area (Å²) >= 11 is 6.01. The molecule has 2 nitrogen and oxygen atoms in total. The first-order chi connectivity index (χ1) is 9.74. The smallest absolute Gasteiger partial charge is 0.0406 e. The van der Waals surface area contributed by atoms with Crippen molar-refractivity contribution in [2.75, 3.05) is 26.2 Å². The summed E-state index contributed by atoms with van der Waals surface area (Å²) in [5.41, 5.74) is 1.39. The van der Waals surface area contributed by atoms with Gasteiger partial charge in [0, 0.05) is 17.6 Å². The first-order valence-corrected chi connectivity index (χ1v) is 8.32. The Morgan fingerprint density at radius 1 is 1.30 bits per heavy atom. The molecule has 20 heavy (non-hydrogen) atoms. The van der Waals surface area contributed by atoms with E-state index >= 15 is 0 Å². The zero-order valence-electron chi connectivity index (χ0n) is 12.7. The maximum absolute atomic E-state index is 6.01. The van der Waals surface area contributed by atoms with E-state index in [1.54, 1.807) is 0 Å². The minimum Gasteiger partial charge on any atom is -0.316 e. The zero-order chi connectivity index (χ0) is 14.4. The number of halogens is 1. The highest BCUT2D eigenvalue weighted by Gasteiger charge is 2.22. The molecule has 0 saturated carbocycles. The van der Waals surface area contributed by atoms with Gasteiger partial charge in [0.2, 0.25) is 0 Å². The summed E-state index contributed by atoms with van der Waals surface area (Å²) in [4.78, 5) is 2.63. The molecule has 0 aliphatic carbocycles. The lowest BCUT2D eigenvalue weighted by molar-refractivity contribution is 0.157. The van der Waals surface area contributed by atoms with Gasteiger partial charge < -0.3 is 5.32 Å². The number of nitrogens with zero attached hydrogens (tertiary/aromatic N) is 1. The topological polar surface area (TPSA) is 15.3 Å². The van der Waals surface area contributed by atoms with E-state index in [-0.39, 0.29) is 0 Å². The van der Waals surface area contributed by atoms with Gasteiger partial charge in [-0.15, -0.1) is 0 Å². The van der Waals surface area contributed by atoms with E-state index in [1.165, 1.54) is 38.0 Å². The van der Waals surface area contributed by atoms with Crippen molar-refractivity contribution in [2.24, 2.45) is 5.92 Å². The van der Waals surface area contributed by atoms with Crippen molar-refractivity contribution < 1.29 is 0 Å². The highest BCUT2D eigenvalue weighted by Crippen LogP contribution is 2.27. The van der Waals surface area contributed by atoms with Gasteiger partial charge in [-0.2, -0.15) is 0 Å². The van der Waals surface area contributed by atoms with Crippen LogP contribution in [0.5, 0.6) is 0 Å². The molecule has 0 radical (unpaired) electrons. The molecule has 2 rings (SSSR count). The monoisotopic (exact) mass is 294 g/mol. The molecule has 2 atom stereocenters. The number of hydrogen-bond acceptors (Lipinski definition) is 2. The van der Waals surface area contributed by atoms with Gasteiger partial charge in [-0.05, 0) is 62.5 Å². The van der Waals surface area contributed by atoms with Crippen LogP contribution in [0.2, 0.25) is 5.02 Å². The summed E-state index contributed by atoms with van der Waals surface area (Å²) in [5.74, 6) is 0.796. The second-order valence-electron chi connectivity index (χ2n) is 5.78. The number of hydrogen-bond donors (Lipinski definition) is 1. The van der Waals surface area contributed by atoms with E-state index in [0.717, 1.165) is 23.9 Å². The number of benzene rings is 1.